The summed E-state index contributed by atoms with van der Waals surface area (Å²) in [6.07, 6.45) is 0.958. The van der Waals surface area contributed by atoms with Crippen LogP contribution in [0.15, 0.2) is 41.3 Å². The lowest BCUT2D eigenvalue weighted by Crippen LogP contribution is -2.51. The molecule has 1 aliphatic heterocycles. The van der Waals surface area contributed by atoms with Crippen molar-refractivity contribution in [2.45, 2.75) is 31.5 Å². The molecular formula is C19H18N2O4. The van der Waals surface area contributed by atoms with Crippen LogP contribution in [0.25, 0.3) is 0 Å². The van der Waals surface area contributed by atoms with Gasteiger partial charge in [-0.15, -0.1) is 0 Å². The van der Waals surface area contributed by atoms with Crippen LogP contribution in [0.2, 0.25) is 0 Å². The molecule has 1 aromatic carbocycles. The predicted molar refractivity (Wildman–Crippen MR) is 90.3 cm³/mol. The molecule has 2 aromatic rings. The Kier molecular flexibility index (Phi) is 4.09. The summed E-state index contributed by atoms with van der Waals surface area (Å²) in [7, 11) is 1.67. The van der Waals surface area contributed by atoms with Gasteiger partial charge in [0.15, 0.2) is 6.10 Å². The van der Waals surface area contributed by atoms with Gasteiger partial charge in [-0.2, -0.15) is 5.26 Å². The van der Waals surface area contributed by atoms with E-state index in [9.17, 15) is 14.9 Å². The quantitative estimate of drug-likeness (QED) is 0.801. The summed E-state index contributed by atoms with van der Waals surface area (Å²) >= 11 is 0. The normalized spacial score (nSPS) is 20.7. The average molecular weight is 338 g/mol. The molecule has 0 spiro atoms. The van der Waals surface area contributed by atoms with Gasteiger partial charge in [0.25, 0.3) is 12.0 Å². The molecule has 3 rings (SSSR count). The standard InChI is InChI=1S/C19H18N2O4/c1-19(2)17(24-11-22)16(13-5-4-8-21(3)18(13)23)14-9-12(10-20)6-7-15(14)25-19/h4-9,11,16-17H,1-3H3. The first kappa shape index (κ1) is 16.8. The minimum absolute atomic E-state index is 0.182. The van der Waals surface area contributed by atoms with E-state index in [1.165, 1.54) is 4.57 Å². The van der Waals surface area contributed by atoms with Crippen LogP contribution in [0, 0.1) is 11.3 Å². The Morgan fingerprint density at radius 1 is 1.32 bits per heavy atom. The van der Waals surface area contributed by atoms with E-state index in [4.69, 9.17) is 9.47 Å². The second-order valence-corrected chi connectivity index (χ2v) is 6.58. The number of nitriles is 1. The van der Waals surface area contributed by atoms with E-state index in [2.05, 4.69) is 6.07 Å². The molecule has 0 N–H and O–H groups in total. The van der Waals surface area contributed by atoms with Gasteiger partial charge >= 0.3 is 0 Å². The van der Waals surface area contributed by atoms with Gasteiger partial charge in [0.05, 0.1) is 17.6 Å². The highest BCUT2D eigenvalue weighted by Gasteiger charge is 2.47. The van der Waals surface area contributed by atoms with E-state index in [0.29, 0.717) is 28.9 Å². The van der Waals surface area contributed by atoms with E-state index in [-0.39, 0.29) is 5.56 Å². The minimum atomic E-state index is -0.840. The lowest BCUT2D eigenvalue weighted by molar-refractivity contribution is -0.147. The summed E-state index contributed by atoms with van der Waals surface area (Å²) in [5, 5.41) is 9.22. The summed E-state index contributed by atoms with van der Waals surface area (Å²) in [4.78, 5) is 23.8. The third kappa shape index (κ3) is 2.78. The number of nitrogens with zero attached hydrogens (tertiary/aromatic N) is 2. The maximum absolute atomic E-state index is 12.7. The van der Waals surface area contributed by atoms with Crippen molar-refractivity contribution in [3.8, 4) is 11.8 Å². The largest absolute Gasteiger partial charge is 0.484 e. The van der Waals surface area contributed by atoms with Crippen molar-refractivity contribution in [3.05, 3.63) is 63.6 Å². The van der Waals surface area contributed by atoms with E-state index in [0.717, 1.165) is 0 Å². The van der Waals surface area contributed by atoms with E-state index in [1.807, 2.05) is 13.8 Å². The maximum Gasteiger partial charge on any atom is 0.293 e. The number of benzene rings is 1. The number of ether oxygens (including phenoxy) is 2. The Hall–Kier alpha value is -3.07. The topological polar surface area (TPSA) is 81.3 Å². The first-order valence-corrected chi connectivity index (χ1v) is 7.86. The van der Waals surface area contributed by atoms with Gasteiger partial charge in [0, 0.05) is 24.4 Å². The second-order valence-electron chi connectivity index (χ2n) is 6.58. The zero-order valence-corrected chi connectivity index (χ0v) is 14.2. The van der Waals surface area contributed by atoms with Gasteiger partial charge in [-0.1, -0.05) is 6.07 Å². The lowest BCUT2D eigenvalue weighted by Gasteiger charge is -2.43. The average Bonchev–Trinajstić information content (AvgIpc) is 2.58. The monoisotopic (exact) mass is 338 g/mol. The van der Waals surface area contributed by atoms with Gasteiger partial charge in [0.1, 0.15) is 11.4 Å². The van der Waals surface area contributed by atoms with Crippen LogP contribution in [-0.4, -0.2) is 22.7 Å². The molecule has 0 bridgehead atoms. The SMILES string of the molecule is Cn1cccc(C2c3cc(C#N)ccc3OC(C)(C)C2OC=O)c1=O. The Morgan fingerprint density at radius 3 is 2.76 bits per heavy atom. The zero-order valence-electron chi connectivity index (χ0n) is 14.2. The molecule has 0 saturated carbocycles. The van der Waals surface area contributed by atoms with Crippen LogP contribution in [-0.2, 0) is 16.6 Å². The number of aromatic nitrogens is 1. The van der Waals surface area contributed by atoms with Gasteiger partial charge in [-0.05, 0) is 38.1 Å². The Bertz CT molecular complexity index is 924. The van der Waals surface area contributed by atoms with E-state index in [1.54, 1.807) is 43.6 Å². The molecule has 0 radical (unpaired) electrons. The summed E-state index contributed by atoms with van der Waals surface area (Å²) in [6, 6.07) is 10.6. The highest BCUT2D eigenvalue weighted by atomic mass is 16.6. The summed E-state index contributed by atoms with van der Waals surface area (Å²) in [5.41, 5.74) is 0.578. The highest BCUT2D eigenvalue weighted by molar-refractivity contribution is 5.51. The number of rotatable bonds is 3. The molecule has 1 aliphatic rings. The van der Waals surface area contributed by atoms with E-state index < -0.39 is 17.6 Å². The third-order valence-electron chi connectivity index (χ3n) is 4.52. The number of pyridine rings is 1. The van der Waals surface area contributed by atoms with Crippen LogP contribution in [0.5, 0.6) is 5.75 Å². The maximum atomic E-state index is 12.7. The minimum Gasteiger partial charge on any atom is -0.484 e. The lowest BCUT2D eigenvalue weighted by atomic mass is 9.77. The van der Waals surface area contributed by atoms with Crippen molar-refractivity contribution in [1.29, 1.82) is 5.26 Å². The number of aryl methyl sites for hydroxylation is 1. The molecule has 0 fully saturated rings. The number of hydrogen-bond acceptors (Lipinski definition) is 5. The van der Waals surface area contributed by atoms with Gasteiger partial charge in [-0.25, -0.2) is 0 Å². The molecular weight excluding hydrogens is 320 g/mol. The second kappa shape index (κ2) is 6.10. The number of fused-ring (bicyclic) bond motifs is 1. The van der Waals surface area contributed by atoms with Crippen molar-refractivity contribution < 1.29 is 14.3 Å². The molecule has 128 valence electrons. The van der Waals surface area contributed by atoms with Crippen LogP contribution in [0.3, 0.4) is 0 Å². The van der Waals surface area contributed by atoms with Crippen molar-refractivity contribution in [2.24, 2.45) is 7.05 Å². The Morgan fingerprint density at radius 2 is 2.08 bits per heavy atom. The smallest absolute Gasteiger partial charge is 0.293 e. The fourth-order valence-electron chi connectivity index (χ4n) is 3.35. The molecule has 2 heterocycles. The third-order valence-corrected chi connectivity index (χ3v) is 4.52. The van der Waals surface area contributed by atoms with Crippen molar-refractivity contribution in [1.82, 2.24) is 4.57 Å². The van der Waals surface area contributed by atoms with E-state index >= 15 is 0 Å². The molecule has 2 unspecified atom stereocenters. The van der Waals surface area contributed by atoms with Crippen LogP contribution < -0.4 is 10.3 Å². The van der Waals surface area contributed by atoms with Crippen molar-refractivity contribution >= 4 is 6.47 Å². The van der Waals surface area contributed by atoms with Crippen molar-refractivity contribution in [2.75, 3.05) is 0 Å². The van der Waals surface area contributed by atoms with Crippen LogP contribution in [0.1, 0.15) is 36.5 Å². The first-order valence-electron chi connectivity index (χ1n) is 7.86. The molecule has 6 nitrogen and oxygen atoms in total. The molecule has 0 amide bonds. The molecule has 25 heavy (non-hydrogen) atoms. The van der Waals surface area contributed by atoms with Crippen molar-refractivity contribution in [3.63, 3.8) is 0 Å². The molecule has 1 aromatic heterocycles. The van der Waals surface area contributed by atoms with Crippen LogP contribution in [0.4, 0.5) is 0 Å². The summed E-state index contributed by atoms with van der Waals surface area (Å²) in [5.74, 6) is 0.0443. The number of carbonyl (C=O) groups is 1. The first-order chi connectivity index (χ1) is 11.9. The summed E-state index contributed by atoms with van der Waals surface area (Å²) < 4.78 is 12.8. The Balaban J connectivity index is 2.30. The highest BCUT2D eigenvalue weighted by Crippen LogP contribution is 2.45. The van der Waals surface area contributed by atoms with Gasteiger partial charge < -0.3 is 14.0 Å². The molecule has 0 saturated heterocycles. The fourth-order valence-corrected chi connectivity index (χ4v) is 3.35. The fraction of sp³-hybridized carbons (Fsp3) is 0.316. The molecule has 0 aliphatic carbocycles. The Labute approximate surface area is 145 Å². The molecule has 6 heteroatoms. The zero-order chi connectivity index (χ0) is 18.2. The number of hydrogen-bond donors (Lipinski definition) is 0. The molecule has 2 atom stereocenters. The van der Waals surface area contributed by atoms with Gasteiger partial charge in [0.2, 0.25) is 0 Å². The van der Waals surface area contributed by atoms with Gasteiger partial charge in [-0.3, -0.25) is 9.59 Å². The van der Waals surface area contributed by atoms with Crippen LogP contribution >= 0.6 is 0 Å². The predicted octanol–water partition coefficient (Wildman–Crippen LogP) is 2.10. The number of carbonyl (C=O) groups excluding carboxylic acids is 1. The summed E-state index contributed by atoms with van der Waals surface area (Å²) in [6.45, 7) is 3.99.